The molecule has 0 aromatic heterocycles. The van der Waals surface area contributed by atoms with Crippen LogP contribution in [0.5, 0.6) is 11.5 Å². The van der Waals surface area contributed by atoms with Gasteiger partial charge in [0.25, 0.3) is 5.69 Å². The number of hydrogen-bond donors (Lipinski definition) is 2. The first-order valence-corrected chi connectivity index (χ1v) is 3.68. The van der Waals surface area contributed by atoms with Crippen LogP contribution in [-0.2, 0) is 0 Å². The Morgan fingerprint density at radius 3 is 2.50 bits per heavy atom. The van der Waals surface area contributed by atoms with Crippen molar-refractivity contribution in [3.05, 3.63) is 26.7 Å². The SMILES string of the molecule is O=[N+]([O-])c1ccc(O)c(O)c1Br. The summed E-state index contributed by atoms with van der Waals surface area (Å²) in [5, 5.41) is 28.2. The molecule has 0 amide bonds. The van der Waals surface area contributed by atoms with Gasteiger partial charge in [-0.15, -0.1) is 0 Å². The van der Waals surface area contributed by atoms with Crippen LogP contribution in [0.2, 0.25) is 0 Å². The molecule has 5 nitrogen and oxygen atoms in total. The van der Waals surface area contributed by atoms with E-state index in [2.05, 4.69) is 15.9 Å². The summed E-state index contributed by atoms with van der Waals surface area (Å²) in [6.07, 6.45) is 0. The van der Waals surface area contributed by atoms with Gasteiger partial charge in [0.15, 0.2) is 11.5 Å². The van der Waals surface area contributed by atoms with Crippen LogP contribution in [0.25, 0.3) is 0 Å². The van der Waals surface area contributed by atoms with Gasteiger partial charge in [0.2, 0.25) is 0 Å². The maximum atomic E-state index is 10.3. The first-order valence-electron chi connectivity index (χ1n) is 2.89. The number of hydrogen-bond acceptors (Lipinski definition) is 4. The van der Waals surface area contributed by atoms with Crippen molar-refractivity contribution < 1.29 is 15.1 Å². The molecule has 2 N–H and O–H groups in total. The number of rotatable bonds is 1. The Bertz CT molecular complexity index is 339. The quantitative estimate of drug-likeness (QED) is 0.440. The Morgan fingerprint density at radius 2 is 2.00 bits per heavy atom. The molecule has 6 heteroatoms. The maximum absolute atomic E-state index is 10.3. The summed E-state index contributed by atoms with van der Waals surface area (Å²) in [5.41, 5.74) is -0.287. The minimum absolute atomic E-state index is 0.118. The molecule has 1 rings (SSSR count). The molecule has 12 heavy (non-hydrogen) atoms. The molecule has 0 heterocycles. The highest BCUT2D eigenvalue weighted by molar-refractivity contribution is 9.10. The van der Waals surface area contributed by atoms with Gasteiger partial charge >= 0.3 is 0 Å². The zero-order chi connectivity index (χ0) is 9.30. The van der Waals surface area contributed by atoms with E-state index in [0.717, 1.165) is 12.1 Å². The Hall–Kier alpha value is -1.30. The van der Waals surface area contributed by atoms with Crippen molar-refractivity contribution in [2.24, 2.45) is 0 Å². The van der Waals surface area contributed by atoms with Gasteiger partial charge in [-0.05, 0) is 22.0 Å². The van der Waals surface area contributed by atoms with Gasteiger partial charge in [-0.3, -0.25) is 10.1 Å². The van der Waals surface area contributed by atoms with Crippen molar-refractivity contribution in [3.8, 4) is 11.5 Å². The first kappa shape index (κ1) is 8.79. The molecule has 0 saturated carbocycles. The summed E-state index contributed by atoms with van der Waals surface area (Å²) >= 11 is 2.78. The van der Waals surface area contributed by atoms with Crippen LogP contribution >= 0.6 is 15.9 Å². The smallest absolute Gasteiger partial charge is 0.287 e. The van der Waals surface area contributed by atoms with E-state index in [9.17, 15) is 10.1 Å². The van der Waals surface area contributed by atoms with E-state index >= 15 is 0 Å². The molecular weight excluding hydrogens is 230 g/mol. The fourth-order valence-electron chi connectivity index (χ4n) is 0.685. The number of phenols is 2. The molecule has 0 aliphatic rings. The molecule has 0 aliphatic carbocycles. The molecule has 0 unspecified atom stereocenters. The van der Waals surface area contributed by atoms with E-state index in [1.54, 1.807) is 0 Å². The lowest BCUT2D eigenvalue weighted by Gasteiger charge is -1.99. The van der Waals surface area contributed by atoms with Crippen molar-refractivity contribution in [1.29, 1.82) is 0 Å². The number of nitrogens with zero attached hydrogens (tertiary/aromatic N) is 1. The zero-order valence-corrected chi connectivity index (χ0v) is 7.28. The van der Waals surface area contributed by atoms with Crippen LogP contribution in [0, 0.1) is 10.1 Å². The number of benzene rings is 1. The number of halogens is 1. The molecule has 1 aromatic rings. The van der Waals surface area contributed by atoms with E-state index in [0.29, 0.717) is 0 Å². The summed E-state index contributed by atoms with van der Waals surface area (Å²) in [7, 11) is 0. The van der Waals surface area contributed by atoms with Crippen LogP contribution in [-0.4, -0.2) is 15.1 Å². The summed E-state index contributed by atoms with van der Waals surface area (Å²) in [5.74, 6) is -0.920. The Labute approximate surface area is 75.5 Å². The van der Waals surface area contributed by atoms with Crippen molar-refractivity contribution in [2.75, 3.05) is 0 Å². The number of nitro groups is 1. The average molecular weight is 234 g/mol. The number of phenolic OH excluding ortho intramolecular Hbond substituents is 2. The van der Waals surface area contributed by atoms with Crippen LogP contribution in [0.4, 0.5) is 5.69 Å². The molecule has 0 saturated heterocycles. The lowest BCUT2D eigenvalue weighted by atomic mass is 10.3. The van der Waals surface area contributed by atoms with Crippen LogP contribution < -0.4 is 0 Å². The second-order valence-electron chi connectivity index (χ2n) is 2.02. The summed E-state index contributed by atoms with van der Waals surface area (Å²) < 4.78 is -0.118. The van der Waals surface area contributed by atoms with E-state index in [1.807, 2.05) is 0 Å². The second-order valence-corrected chi connectivity index (χ2v) is 2.82. The monoisotopic (exact) mass is 233 g/mol. The summed E-state index contributed by atoms with van der Waals surface area (Å²) in [6.45, 7) is 0. The van der Waals surface area contributed by atoms with Crippen LogP contribution in [0.3, 0.4) is 0 Å². The molecular formula is C6H4BrNO4. The molecule has 0 atom stereocenters. The second kappa shape index (κ2) is 2.98. The molecule has 0 spiro atoms. The van der Waals surface area contributed by atoms with E-state index in [1.165, 1.54) is 0 Å². The molecule has 0 fully saturated rings. The highest BCUT2D eigenvalue weighted by atomic mass is 79.9. The number of nitro benzene ring substituents is 1. The topological polar surface area (TPSA) is 83.6 Å². The van der Waals surface area contributed by atoms with Gasteiger partial charge in [-0.1, -0.05) is 0 Å². The third-order valence-corrected chi connectivity index (χ3v) is 2.05. The zero-order valence-electron chi connectivity index (χ0n) is 5.69. The average Bonchev–Trinajstić information content (AvgIpc) is 2.00. The van der Waals surface area contributed by atoms with E-state index < -0.39 is 16.4 Å². The minimum atomic E-state index is -0.663. The largest absolute Gasteiger partial charge is 0.504 e. The summed E-state index contributed by atoms with van der Waals surface area (Å²) in [4.78, 5) is 9.60. The van der Waals surface area contributed by atoms with Crippen molar-refractivity contribution in [1.82, 2.24) is 0 Å². The lowest BCUT2D eigenvalue weighted by molar-refractivity contribution is -0.385. The predicted molar refractivity (Wildman–Crippen MR) is 44.1 cm³/mol. The van der Waals surface area contributed by atoms with Crippen molar-refractivity contribution in [2.45, 2.75) is 0 Å². The fourth-order valence-corrected chi connectivity index (χ4v) is 1.16. The highest BCUT2D eigenvalue weighted by Crippen LogP contribution is 2.39. The van der Waals surface area contributed by atoms with Gasteiger partial charge in [0.05, 0.1) is 4.92 Å². The summed E-state index contributed by atoms with van der Waals surface area (Å²) in [6, 6.07) is 2.15. The van der Waals surface area contributed by atoms with Gasteiger partial charge < -0.3 is 10.2 Å². The minimum Gasteiger partial charge on any atom is -0.504 e. The van der Waals surface area contributed by atoms with Crippen molar-refractivity contribution >= 4 is 21.6 Å². The predicted octanol–water partition coefficient (Wildman–Crippen LogP) is 1.77. The fraction of sp³-hybridized carbons (Fsp3) is 0. The van der Waals surface area contributed by atoms with E-state index in [4.69, 9.17) is 10.2 Å². The van der Waals surface area contributed by atoms with E-state index in [-0.39, 0.29) is 10.2 Å². The Morgan fingerprint density at radius 1 is 1.42 bits per heavy atom. The van der Waals surface area contributed by atoms with Crippen molar-refractivity contribution in [3.63, 3.8) is 0 Å². The van der Waals surface area contributed by atoms with Gasteiger partial charge in [-0.2, -0.15) is 0 Å². The van der Waals surface area contributed by atoms with Gasteiger partial charge in [-0.25, -0.2) is 0 Å². The normalized spacial score (nSPS) is 9.75. The molecule has 0 radical (unpaired) electrons. The third kappa shape index (κ3) is 1.33. The van der Waals surface area contributed by atoms with Crippen LogP contribution in [0.15, 0.2) is 16.6 Å². The molecule has 0 bridgehead atoms. The lowest BCUT2D eigenvalue weighted by Crippen LogP contribution is -1.88. The third-order valence-electron chi connectivity index (χ3n) is 1.27. The highest BCUT2D eigenvalue weighted by Gasteiger charge is 2.17. The maximum Gasteiger partial charge on any atom is 0.287 e. The standard InChI is InChI=1S/C6H4BrNO4/c7-5-3(8(11)12)1-2-4(9)6(5)10/h1-2,9-10H. The Balaban J connectivity index is 3.36. The molecule has 1 aromatic carbocycles. The van der Waals surface area contributed by atoms with Gasteiger partial charge in [0, 0.05) is 6.07 Å². The Kier molecular flexibility index (Phi) is 2.18. The number of aromatic hydroxyl groups is 2. The molecule has 0 aliphatic heterocycles. The first-order chi connectivity index (χ1) is 5.54. The van der Waals surface area contributed by atoms with Gasteiger partial charge in [0.1, 0.15) is 4.47 Å². The molecule has 64 valence electrons. The van der Waals surface area contributed by atoms with Crippen LogP contribution in [0.1, 0.15) is 0 Å².